The molecule has 0 saturated carbocycles. The summed E-state index contributed by atoms with van der Waals surface area (Å²) in [5, 5.41) is 13.8. The molecule has 0 fully saturated rings. The molecule has 0 spiro atoms. The highest BCUT2D eigenvalue weighted by atomic mass is 79.9. The van der Waals surface area contributed by atoms with Crippen LogP contribution in [-0.2, 0) is 6.54 Å². The van der Waals surface area contributed by atoms with E-state index in [1.54, 1.807) is 0 Å². The zero-order chi connectivity index (χ0) is 15.6. The molecule has 2 aromatic rings. The Kier molecular flexibility index (Phi) is 4.74. The van der Waals surface area contributed by atoms with Crippen LogP contribution in [0.25, 0.3) is 0 Å². The van der Waals surface area contributed by atoms with Crippen LogP contribution >= 0.6 is 27.5 Å². The van der Waals surface area contributed by atoms with Crippen LogP contribution in [-0.4, -0.2) is 4.92 Å². The SMILES string of the molecule is O=[N+]([O-])c1cc(Cl)ccc1CNc1cc(F)c(Br)cc1F. The molecule has 0 radical (unpaired) electrons. The lowest BCUT2D eigenvalue weighted by molar-refractivity contribution is -0.385. The van der Waals surface area contributed by atoms with E-state index in [1.807, 2.05) is 0 Å². The van der Waals surface area contributed by atoms with Gasteiger partial charge in [-0.2, -0.15) is 0 Å². The van der Waals surface area contributed by atoms with Gasteiger partial charge in [-0.1, -0.05) is 11.6 Å². The maximum atomic E-state index is 13.6. The summed E-state index contributed by atoms with van der Waals surface area (Å²) in [5.41, 5.74) is 0.0417. The Morgan fingerprint density at radius 2 is 1.95 bits per heavy atom. The highest BCUT2D eigenvalue weighted by molar-refractivity contribution is 9.10. The summed E-state index contributed by atoms with van der Waals surface area (Å²) < 4.78 is 27.0. The summed E-state index contributed by atoms with van der Waals surface area (Å²) in [6, 6.07) is 6.11. The Bertz CT molecular complexity index is 713. The van der Waals surface area contributed by atoms with E-state index in [-0.39, 0.29) is 27.4 Å². The fourth-order valence-corrected chi connectivity index (χ4v) is 2.19. The molecule has 2 aromatic carbocycles. The van der Waals surface area contributed by atoms with Gasteiger partial charge in [0.25, 0.3) is 5.69 Å². The Hall–Kier alpha value is -1.73. The second-order valence-corrected chi connectivity index (χ2v) is 5.42. The Morgan fingerprint density at radius 3 is 2.62 bits per heavy atom. The van der Waals surface area contributed by atoms with Crippen LogP contribution in [0.5, 0.6) is 0 Å². The molecule has 110 valence electrons. The second-order valence-electron chi connectivity index (χ2n) is 4.13. The summed E-state index contributed by atoms with van der Waals surface area (Å²) in [6.45, 7) is -0.0362. The first-order valence-corrected chi connectivity index (χ1v) is 6.87. The first-order valence-electron chi connectivity index (χ1n) is 5.69. The number of benzene rings is 2. The van der Waals surface area contributed by atoms with Gasteiger partial charge in [0.1, 0.15) is 11.6 Å². The molecule has 1 N–H and O–H groups in total. The maximum absolute atomic E-state index is 13.6. The van der Waals surface area contributed by atoms with E-state index in [0.717, 1.165) is 12.1 Å². The van der Waals surface area contributed by atoms with Crippen molar-refractivity contribution in [1.82, 2.24) is 0 Å². The Morgan fingerprint density at radius 1 is 1.24 bits per heavy atom. The minimum absolute atomic E-state index is 0.00280. The first kappa shape index (κ1) is 15.7. The van der Waals surface area contributed by atoms with Gasteiger partial charge in [0.2, 0.25) is 0 Å². The lowest BCUT2D eigenvalue weighted by Gasteiger charge is -2.09. The lowest BCUT2D eigenvalue weighted by atomic mass is 10.1. The van der Waals surface area contributed by atoms with Crippen LogP contribution in [0, 0.1) is 21.7 Å². The number of halogens is 4. The summed E-state index contributed by atoms with van der Waals surface area (Å²) in [6.07, 6.45) is 0. The zero-order valence-corrected chi connectivity index (χ0v) is 12.7. The van der Waals surface area contributed by atoms with Crippen molar-refractivity contribution in [3.8, 4) is 0 Å². The van der Waals surface area contributed by atoms with Crippen molar-refractivity contribution < 1.29 is 13.7 Å². The number of nitrogens with zero attached hydrogens (tertiary/aromatic N) is 1. The smallest absolute Gasteiger partial charge is 0.275 e. The van der Waals surface area contributed by atoms with Gasteiger partial charge < -0.3 is 5.32 Å². The van der Waals surface area contributed by atoms with Crippen molar-refractivity contribution in [1.29, 1.82) is 0 Å². The summed E-state index contributed by atoms with van der Waals surface area (Å²) >= 11 is 8.57. The minimum atomic E-state index is -0.667. The predicted molar refractivity (Wildman–Crippen MR) is 79.5 cm³/mol. The van der Waals surface area contributed by atoms with Gasteiger partial charge in [-0.3, -0.25) is 10.1 Å². The van der Waals surface area contributed by atoms with Gasteiger partial charge in [-0.15, -0.1) is 0 Å². The summed E-state index contributed by atoms with van der Waals surface area (Å²) in [5.74, 6) is -1.30. The Labute approximate surface area is 132 Å². The van der Waals surface area contributed by atoms with Crippen LogP contribution in [0.4, 0.5) is 20.2 Å². The van der Waals surface area contributed by atoms with Gasteiger partial charge >= 0.3 is 0 Å². The average Bonchev–Trinajstić information content (AvgIpc) is 2.42. The van der Waals surface area contributed by atoms with Crippen LogP contribution in [0.1, 0.15) is 5.56 Å². The third-order valence-electron chi connectivity index (χ3n) is 2.72. The van der Waals surface area contributed by atoms with Crippen molar-refractivity contribution in [2.75, 3.05) is 5.32 Å². The molecule has 0 aliphatic carbocycles. The molecule has 21 heavy (non-hydrogen) atoms. The van der Waals surface area contributed by atoms with Gasteiger partial charge in [-0.05, 0) is 34.1 Å². The van der Waals surface area contributed by atoms with E-state index in [1.165, 1.54) is 18.2 Å². The summed E-state index contributed by atoms with van der Waals surface area (Å²) in [4.78, 5) is 10.3. The zero-order valence-electron chi connectivity index (χ0n) is 10.4. The van der Waals surface area contributed by atoms with Crippen molar-refractivity contribution in [2.24, 2.45) is 0 Å². The highest BCUT2D eigenvalue weighted by Gasteiger charge is 2.15. The standard InChI is InChI=1S/C13H8BrClF2N2O2/c14-9-4-11(17)12(5-10(9)16)18-6-7-1-2-8(15)3-13(7)19(20)21/h1-5,18H,6H2. The molecular weight excluding hydrogens is 370 g/mol. The van der Waals surface area contributed by atoms with Crippen LogP contribution in [0.15, 0.2) is 34.8 Å². The molecule has 0 aliphatic heterocycles. The number of nitro groups is 1. The van der Waals surface area contributed by atoms with Crippen molar-refractivity contribution >= 4 is 38.9 Å². The quantitative estimate of drug-likeness (QED) is 0.468. The molecular formula is C13H8BrClF2N2O2. The van der Waals surface area contributed by atoms with E-state index in [4.69, 9.17) is 11.6 Å². The van der Waals surface area contributed by atoms with Crippen molar-refractivity contribution in [3.05, 3.63) is 67.1 Å². The van der Waals surface area contributed by atoms with E-state index >= 15 is 0 Å². The molecule has 0 amide bonds. The van der Waals surface area contributed by atoms with Crippen molar-refractivity contribution in [3.63, 3.8) is 0 Å². The fourth-order valence-electron chi connectivity index (χ4n) is 1.70. The normalized spacial score (nSPS) is 10.5. The highest BCUT2D eigenvalue weighted by Crippen LogP contribution is 2.26. The maximum Gasteiger partial charge on any atom is 0.275 e. The third kappa shape index (κ3) is 3.68. The number of nitrogens with one attached hydrogen (secondary N) is 1. The molecule has 2 rings (SSSR count). The molecule has 0 aliphatic rings. The second kappa shape index (κ2) is 6.36. The van der Waals surface area contributed by atoms with Crippen molar-refractivity contribution in [2.45, 2.75) is 6.54 Å². The molecule has 4 nitrogen and oxygen atoms in total. The lowest BCUT2D eigenvalue weighted by Crippen LogP contribution is -2.05. The number of anilines is 1. The van der Waals surface area contributed by atoms with Gasteiger partial charge in [0.05, 0.1) is 15.1 Å². The van der Waals surface area contributed by atoms with E-state index in [0.29, 0.717) is 5.56 Å². The first-order chi connectivity index (χ1) is 9.88. The summed E-state index contributed by atoms with van der Waals surface area (Å²) in [7, 11) is 0. The van der Waals surface area contributed by atoms with Gasteiger partial charge in [0.15, 0.2) is 0 Å². The Balaban J connectivity index is 2.25. The molecule has 0 bridgehead atoms. The third-order valence-corrected chi connectivity index (χ3v) is 3.57. The van der Waals surface area contributed by atoms with Crippen LogP contribution in [0.2, 0.25) is 5.02 Å². The van der Waals surface area contributed by atoms with Gasteiger partial charge in [-0.25, -0.2) is 8.78 Å². The molecule has 0 aromatic heterocycles. The van der Waals surface area contributed by atoms with Crippen LogP contribution in [0.3, 0.4) is 0 Å². The predicted octanol–water partition coefficient (Wildman–Crippen LogP) is 4.90. The van der Waals surface area contributed by atoms with E-state index < -0.39 is 16.6 Å². The fraction of sp³-hybridized carbons (Fsp3) is 0.0769. The molecule has 0 saturated heterocycles. The molecule has 0 unspecified atom stereocenters. The number of rotatable bonds is 4. The van der Waals surface area contributed by atoms with Gasteiger partial charge in [0, 0.05) is 29.3 Å². The van der Waals surface area contributed by atoms with E-state index in [9.17, 15) is 18.9 Å². The minimum Gasteiger partial charge on any atom is -0.378 e. The molecule has 8 heteroatoms. The van der Waals surface area contributed by atoms with Crippen LogP contribution < -0.4 is 5.32 Å². The average molecular weight is 378 g/mol. The topological polar surface area (TPSA) is 55.2 Å². The number of nitro benzene ring substituents is 1. The van der Waals surface area contributed by atoms with E-state index in [2.05, 4.69) is 21.2 Å². The number of hydrogen-bond donors (Lipinski definition) is 1. The number of hydrogen-bond acceptors (Lipinski definition) is 3. The largest absolute Gasteiger partial charge is 0.378 e. The molecule has 0 heterocycles. The monoisotopic (exact) mass is 376 g/mol. The molecule has 0 atom stereocenters.